The van der Waals surface area contributed by atoms with Gasteiger partial charge in [-0.25, -0.2) is 14.6 Å². The van der Waals surface area contributed by atoms with Crippen molar-refractivity contribution in [1.82, 2.24) is 14.1 Å². The van der Waals surface area contributed by atoms with Crippen LogP contribution in [0.3, 0.4) is 0 Å². The van der Waals surface area contributed by atoms with E-state index in [2.05, 4.69) is 4.98 Å². The summed E-state index contributed by atoms with van der Waals surface area (Å²) in [6.07, 6.45) is 4.50. The fourth-order valence-electron chi connectivity index (χ4n) is 2.58. The summed E-state index contributed by atoms with van der Waals surface area (Å²) >= 11 is 0. The van der Waals surface area contributed by atoms with Gasteiger partial charge in [0.15, 0.2) is 0 Å². The molecule has 1 N–H and O–H groups in total. The van der Waals surface area contributed by atoms with E-state index >= 15 is 0 Å². The molecule has 3 aromatic rings. The summed E-state index contributed by atoms with van der Waals surface area (Å²) in [4.78, 5) is 39.7. The summed E-state index contributed by atoms with van der Waals surface area (Å²) in [5, 5.41) is 9.94. The molecule has 2 heterocycles. The highest BCUT2D eigenvalue weighted by Gasteiger charge is 2.10. The van der Waals surface area contributed by atoms with Crippen molar-refractivity contribution in [2.24, 2.45) is 14.1 Å². The molecule has 2 aromatic heterocycles. The molecule has 0 saturated carbocycles. The Hall–Kier alpha value is -3.48. The van der Waals surface area contributed by atoms with Crippen molar-refractivity contribution < 1.29 is 9.90 Å². The summed E-state index contributed by atoms with van der Waals surface area (Å²) in [7, 11) is 2.95. The summed E-state index contributed by atoms with van der Waals surface area (Å²) in [6, 6.07) is 8.40. The lowest BCUT2D eigenvalue weighted by atomic mass is 10.1. The predicted molar refractivity (Wildman–Crippen MR) is 94.6 cm³/mol. The van der Waals surface area contributed by atoms with Crippen LogP contribution in [0.15, 0.2) is 46.1 Å². The first-order valence-corrected chi connectivity index (χ1v) is 7.46. The number of rotatable bonds is 3. The van der Waals surface area contributed by atoms with E-state index in [1.165, 1.54) is 30.0 Å². The van der Waals surface area contributed by atoms with E-state index in [1.807, 2.05) is 0 Å². The van der Waals surface area contributed by atoms with Crippen LogP contribution >= 0.6 is 0 Å². The molecule has 7 heteroatoms. The Morgan fingerprint density at radius 3 is 2.60 bits per heavy atom. The zero-order valence-corrected chi connectivity index (χ0v) is 13.6. The minimum Gasteiger partial charge on any atom is -0.478 e. The van der Waals surface area contributed by atoms with E-state index in [-0.39, 0.29) is 5.56 Å². The number of nitrogens with zero attached hydrogens (tertiary/aromatic N) is 3. The van der Waals surface area contributed by atoms with Crippen LogP contribution in [-0.2, 0) is 14.1 Å². The van der Waals surface area contributed by atoms with Crippen molar-refractivity contribution >= 4 is 29.0 Å². The largest absolute Gasteiger partial charge is 0.478 e. The van der Waals surface area contributed by atoms with Gasteiger partial charge >= 0.3 is 11.7 Å². The van der Waals surface area contributed by atoms with Crippen LogP contribution < -0.4 is 11.2 Å². The molecule has 0 spiro atoms. The molecule has 0 saturated heterocycles. The Morgan fingerprint density at radius 1 is 1.16 bits per heavy atom. The number of aromatic carboxylic acids is 1. The number of fused-ring (bicyclic) bond motifs is 1. The predicted octanol–water partition coefficient (Wildman–Crippen LogP) is 1.50. The van der Waals surface area contributed by atoms with Crippen molar-refractivity contribution in [2.45, 2.75) is 0 Å². The quantitative estimate of drug-likeness (QED) is 0.781. The molecular formula is C18H15N3O4. The molecule has 3 rings (SSSR count). The van der Waals surface area contributed by atoms with E-state index < -0.39 is 17.2 Å². The number of benzene rings is 1. The van der Waals surface area contributed by atoms with Gasteiger partial charge in [-0.05, 0) is 24.3 Å². The molecule has 126 valence electrons. The standard InChI is InChI=1S/C18H15N3O4/c1-20-10-11(16(22)21(2)18(20)25)7-8-12-9-14(17(23)24)13-5-3-4-6-15(13)19-12/h3-10H,1-2H3,(H,23,24)/b8-7-. The maximum Gasteiger partial charge on any atom is 0.336 e. The Balaban J connectivity index is 2.13. The molecule has 0 fully saturated rings. The van der Waals surface area contributed by atoms with Gasteiger partial charge in [-0.2, -0.15) is 0 Å². The third kappa shape index (κ3) is 2.99. The summed E-state index contributed by atoms with van der Waals surface area (Å²) < 4.78 is 2.31. The number of carbonyl (C=O) groups is 1. The highest BCUT2D eigenvalue weighted by atomic mass is 16.4. The maximum atomic E-state index is 12.1. The Kier molecular flexibility index (Phi) is 4.06. The number of pyridine rings is 1. The van der Waals surface area contributed by atoms with Crippen LogP contribution in [-0.4, -0.2) is 25.2 Å². The Labute approximate surface area is 142 Å². The lowest BCUT2D eigenvalue weighted by Crippen LogP contribution is -2.37. The van der Waals surface area contributed by atoms with Crippen LogP contribution in [0.5, 0.6) is 0 Å². The van der Waals surface area contributed by atoms with Crippen molar-refractivity contribution in [2.75, 3.05) is 0 Å². The van der Waals surface area contributed by atoms with Crippen LogP contribution in [0.25, 0.3) is 23.1 Å². The Bertz CT molecular complexity index is 1140. The Morgan fingerprint density at radius 2 is 1.88 bits per heavy atom. The normalized spacial score (nSPS) is 11.3. The third-order valence-electron chi connectivity index (χ3n) is 3.87. The van der Waals surface area contributed by atoms with Gasteiger partial charge in [-0.3, -0.25) is 9.36 Å². The number of carboxylic acid groups (broad SMARTS) is 1. The zero-order chi connectivity index (χ0) is 18.1. The second kappa shape index (κ2) is 6.20. The van der Waals surface area contributed by atoms with Crippen molar-refractivity contribution in [3.05, 3.63) is 74.2 Å². The zero-order valence-electron chi connectivity index (χ0n) is 13.6. The first-order valence-electron chi connectivity index (χ1n) is 7.46. The number of aromatic nitrogens is 3. The van der Waals surface area contributed by atoms with Gasteiger partial charge in [0, 0.05) is 25.7 Å². The van der Waals surface area contributed by atoms with Gasteiger partial charge in [-0.1, -0.05) is 18.2 Å². The topological polar surface area (TPSA) is 94.2 Å². The van der Waals surface area contributed by atoms with Gasteiger partial charge in [0.05, 0.1) is 22.3 Å². The van der Waals surface area contributed by atoms with E-state index in [1.54, 1.807) is 37.4 Å². The number of aryl methyl sites for hydroxylation is 1. The highest BCUT2D eigenvalue weighted by Crippen LogP contribution is 2.19. The van der Waals surface area contributed by atoms with Gasteiger partial charge < -0.3 is 9.67 Å². The van der Waals surface area contributed by atoms with E-state index in [0.717, 1.165) is 4.57 Å². The van der Waals surface area contributed by atoms with Crippen molar-refractivity contribution in [3.63, 3.8) is 0 Å². The monoisotopic (exact) mass is 337 g/mol. The third-order valence-corrected chi connectivity index (χ3v) is 3.87. The molecule has 0 atom stereocenters. The molecule has 0 bridgehead atoms. The molecule has 7 nitrogen and oxygen atoms in total. The second-order valence-electron chi connectivity index (χ2n) is 5.59. The first-order chi connectivity index (χ1) is 11.9. The molecule has 25 heavy (non-hydrogen) atoms. The molecular weight excluding hydrogens is 322 g/mol. The maximum absolute atomic E-state index is 12.1. The number of para-hydroxylation sites is 1. The first kappa shape index (κ1) is 16.4. The lowest BCUT2D eigenvalue weighted by Gasteiger charge is -2.05. The molecule has 1 aromatic carbocycles. The number of carboxylic acids is 1. The van der Waals surface area contributed by atoms with Crippen molar-refractivity contribution in [3.8, 4) is 0 Å². The summed E-state index contributed by atoms with van der Waals surface area (Å²) in [6.45, 7) is 0. The summed E-state index contributed by atoms with van der Waals surface area (Å²) in [5.74, 6) is -1.05. The fourth-order valence-corrected chi connectivity index (χ4v) is 2.58. The van der Waals surface area contributed by atoms with E-state index in [9.17, 15) is 19.5 Å². The SMILES string of the molecule is Cn1cc(/C=C\c2cc(C(=O)O)c3ccccc3n2)c(=O)n(C)c1=O. The minimum absolute atomic E-state index is 0.138. The van der Waals surface area contributed by atoms with Gasteiger partial charge in [0.1, 0.15) is 0 Å². The molecule has 0 aliphatic heterocycles. The van der Waals surface area contributed by atoms with Crippen LogP contribution in [0, 0.1) is 0 Å². The number of hydrogen-bond donors (Lipinski definition) is 1. The fraction of sp³-hybridized carbons (Fsp3) is 0.111. The minimum atomic E-state index is -1.05. The molecule has 0 aliphatic carbocycles. The number of hydrogen-bond acceptors (Lipinski definition) is 4. The van der Waals surface area contributed by atoms with Crippen LogP contribution in [0.2, 0.25) is 0 Å². The van der Waals surface area contributed by atoms with Crippen LogP contribution in [0.1, 0.15) is 21.6 Å². The van der Waals surface area contributed by atoms with Gasteiger partial charge in [0.25, 0.3) is 5.56 Å². The molecule has 0 amide bonds. The van der Waals surface area contributed by atoms with E-state index in [0.29, 0.717) is 22.2 Å². The lowest BCUT2D eigenvalue weighted by molar-refractivity contribution is 0.0699. The average molecular weight is 337 g/mol. The molecule has 0 radical (unpaired) electrons. The average Bonchev–Trinajstić information content (AvgIpc) is 2.61. The van der Waals surface area contributed by atoms with Crippen molar-refractivity contribution in [1.29, 1.82) is 0 Å². The van der Waals surface area contributed by atoms with E-state index in [4.69, 9.17) is 0 Å². The highest BCUT2D eigenvalue weighted by molar-refractivity contribution is 6.03. The molecule has 0 unspecified atom stereocenters. The van der Waals surface area contributed by atoms with Crippen LogP contribution in [0.4, 0.5) is 0 Å². The second-order valence-corrected chi connectivity index (χ2v) is 5.59. The summed E-state index contributed by atoms with van der Waals surface area (Å²) in [5.41, 5.74) is 0.551. The molecule has 0 aliphatic rings. The smallest absolute Gasteiger partial charge is 0.336 e. The van der Waals surface area contributed by atoms with Gasteiger partial charge in [0.2, 0.25) is 0 Å². The van der Waals surface area contributed by atoms with Gasteiger partial charge in [-0.15, -0.1) is 0 Å².